The number of alkyl halides is 3. The number of halogens is 3. The molecule has 0 heterocycles. The fraction of sp³-hybridized carbons (Fsp3) is 0.923. The average molecular weight is 295 g/mol. The van der Waals surface area contributed by atoms with E-state index < -0.39 is 29.9 Å². The Morgan fingerprint density at radius 1 is 1.35 bits per heavy atom. The second kappa shape index (κ2) is 5.52. The molecular formula is C13H20F3NO3. The predicted molar refractivity (Wildman–Crippen MR) is 65.1 cm³/mol. The molecule has 0 amide bonds. The Morgan fingerprint density at radius 3 is 2.50 bits per heavy atom. The minimum absolute atomic E-state index is 0.233. The first-order valence-electron chi connectivity index (χ1n) is 6.85. The maximum Gasteiger partial charge on any atom is 0.414 e. The molecule has 0 aliphatic heterocycles. The normalized spacial score (nSPS) is 32.1. The van der Waals surface area contributed by atoms with E-state index in [4.69, 9.17) is 9.47 Å². The first-order valence-corrected chi connectivity index (χ1v) is 6.85. The molecule has 2 aliphatic carbocycles. The highest BCUT2D eigenvalue weighted by Gasteiger charge is 2.50. The summed E-state index contributed by atoms with van der Waals surface area (Å²) in [5, 5.41) is 3.22. The van der Waals surface area contributed by atoms with Gasteiger partial charge in [-0.15, -0.1) is 0 Å². The molecule has 0 radical (unpaired) electrons. The van der Waals surface area contributed by atoms with Crippen LogP contribution in [0.4, 0.5) is 13.2 Å². The number of ether oxygens (including phenoxy) is 2. The van der Waals surface area contributed by atoms with Crippen LogP contribution in [0, 0.1) is 0 Å². The summed E-state index contributed by atoms with van der Waals surface area (Å²) in [7, 11) is 1.30. The molecule has 1 N–H and O–H groups in total. The van der Waals surface area contributed by atoms with Crippen LogP contribution < -0.4 is 5.32 Å². The van der Waals surface area contributed by atoms with Crippen LogP contribution in [0.15, 0.2) is 0 Å². The zero-order chi connectivity index (χ0) is 15.0. The number of carbonyl (C=O) groups excluding carboxylic acids is 1. The lowest BCUT2D eigenvalue weighted by atomic mass is 9.97. The number of methoxy groups -OCH3 is 1. The molecule has 2 rings (SSSR count). The van der Waals surface area contributed by atoms with Crippen molar-refractivity contribution in [3.8, 4) is 0 Å². The number of hydrogen-bond acceptors (Lipinski definition) is 4. The summed E-state index contributed by atoms with van der Waals surface area (Å²) in [6, 6.07) is 0.271. The molecule has 0 spiro atoms. The van der Waals surface area contributed by atoms with Crippen LogP contribution in [0.25, 0.3) is 0 Å². The number of hydrogen-bond donors (Lipinski definition) is 1. The smallest absolute Gasteiger partial charge is 0.414 e. The van der Waals surface area contributed by atoms with Crippen molar-refractivity contribution in [2.75, 3.05) is 7.11 Å². The molecule has 3 unspecified atom stereocenters. The summed E-state index contributed by atoms with van der Waals surface area (Å²) in [6.07, 6.45) is -3.68. The van der Waals surface area contributed by atoms with Gasteiger partial charge in [0.2, 0.25) is 0 Å². The molecule has 20 heavy (non-hydrogen) atoms. The van der Waals surface area contributed by atoms with Crippen molar-refractivity contribution >= 4 is 5.97 Å². The van der Waals surface area contributed by atoms with Crippen LogP contribution in [0.5, 0.6) is 0 Å². The predicted octanol–water partition coefficient (Wildman–Crippen LogP) is 2.17. The standard InChI is InChI=1S/C13H20F3NO3/c1-8(13(14,15)16)20-10-5-6-12(7-10,11(18)19-2)17-9-3-4-9/h8-10,17H,3-7H2,1-2H3. The second-order valence-electron chi connectivity index (χ2n) is 5.68. The van der Waals surface area contributed by atoms with Crippen LogP contribution in [-0.4, -0.2) is 43.0 Å². The third kappa shape index (κ3) is 3.44. The number of carbonyl (C=O) groups is 1. The Kier molecular flexibility index (Phi) is 4.30. The van der Waals surface area contributed by atoms with Gasteiger partial charge in [-0.2, -0.15) is 13.2 Å². The number of rotatable bonds is 5. The largest absolute Gasteiger partial charge is 0.468 e. The molecule has 0 saturated heterocycles. The first kappa shape index (κ1) is 15.6. The minimum atomic E-state index is -4.37. The molecule has 2 fully saturated rings. The highest BCUT2D eigenvalue weighted by molar-refractivity contribution is 5.81. The maximum absolute atomic E-state index is 12.5. The Labute approximate surface area is 116 Å². The van der Waals surface area contributed by atoms with Crippen LogP contribution in [0.3, 0.4) is 0 Å². The maximum atomic E-state index is 12.5. The van der Waals surface area contributed by atoms with Gasteiger partial charge in [-0.05, 0) is 32.6 Å². The van der Waals surface area contributed by atoms with Crippen LogP contribution in [-0.2, 0) is 14.3 Å². The molecule has 3 atom stereocenters. The summed E-state index contributed by atoms with van der Waals surface area (Å²) in [5.74, 6) is -0.407. The van der Waals surface area contributed by atoms with Crippen molar-refractivity contribution in [1.29, 1.82) is 0 Å². The fourth-order valence-electron chi connectivity index (χ4n) is 2.67. The van der Waals surface area contributed by atoms with E-state index in [0.29, 0.717) is 12.8 Å². The van der Waals surface area contributed by atoms with E-state index in [1.807, 2.05) is 0 Å². The van der Waals surface area contributed by atoms with Gasteiger partial charge in [0.1, 0.15) is 5.54 Å². The fourth-order valence-corrected chi connectivity index (χ4v) is 2.67. The van der Waals surface area contributed by atoms with E-state index in [1.165, 1.54) is 7.11 Å². The van der Waals surface area contributed by atoms with Crippen molar-refractivity contribution < 1.29 is 27.4 Å². The summed E-state index contributed by atoms with van der Waals surface area (Å²) >= 11 is 0. The van der Waals surface area contributed by atoms with Gasteiger partial charge in [-0.1, -0.05) is 0 Å². The molecule has 4 nitrogen and oxygen atoms in total. The molecule has 2 aliphatic rings. The summed E-state index contributed by atoms with van der Waals surface area (Å²) in [5.41, 5.74) is -0.883. The zero-order valence-corrected chi connectivity index (χ0v) is 11.6. The summed E-state index contributed by atoms with van der Waals surface area (Å²) in [4.78, 5) is 12.0. The van der Waals surface area contributed by atoms with Gasteiger partial charge in [0.25, 0.3) is 0 Å². The van der Waals surface area contributed by atoms with Crippen molar-refractivity contribution in [3.63, 3.8) is 0 Å². The Hall–Kier alpha value is -0.820. The highest BCUT2D eigenvalue weighted by atomic mass is 19.4. The van der Waals surface area contributed by atoms with E-state index in [9.17, 15) is 18.0 Å². The monoisotopic (exact) mass is 295 g/mol. The van der Waals surface area contributed by atoms with Crippen molar-refractivity contribution in [3.05, 3.63) is 0 Å². The first-order chi connectivity index (χ1) is 9.27. The van der Waals surface area contributed by atoms with Crippen LogP contribution >= 0.6 is 0 Å². The molecule has 0 aromatic carbocycles. The van der Waals surface area contributed by atoms with Gasteiger partial charge in [-0.3, -0.25) is 10.1 Å². The lowest BCUT2D eigenvalue weighted by molar-refractivity contribution is -0.226. The molecule has 0 aromatic heterocycles. The van der Waals surface area contributed by atoms with Crippen molar-refractivity contribution in [2.24, 2.45) is 0 Å². The van der Waals surface area contributed by atoms with Gasteiger partial charge in [0, 0.05) is 12.5 Å². The van der Waals surface area contributed by atoms with Crippen LogP contribution in [0.1, 0.15) is 39.0 Å². The van der Waals surface area contributed by atoms with Crippen molar-refractivity contribution in [1.82, 2.24) is 5.32 Å². The molecule has 0 aromatic rings. The third-order valence-corrected chi connectivity index (χ3v) is 3.96. The molecule has 0 bridgehead atoms. The molecule has 2 saturated carbocycles. The van der Waals surface area contributed by atoms with Gasteiger partial charge >= 0.3 is 12.1 Å². The second-order valence-corrected chi connectivity index (χ2v) is 5.68. The quantitative estimate of drug-likeness (QED) is 0.790. The summed E-state index contributed by atoms with van der Waals surface area (Å²) in [6.45, 7) is 0.993. The van der Waals surface area contributed by atoms with Gasteiger partial charge < -0.3 is 9.47 Å². The minimum Gasteiger partial charge on any atom is -0.468 e. The lowest BCUT2D eigenvalue weighted by Gasteiger charge is -2.28. The average Bonchev–Trinajstić information content (AvgIpc) is 3.08. The van der Waals surface area contributed by atoms with Crippen LogP contribution in [0.2, 0.25) is 0 Å². The van der Waals surface area contributed by atoms with E-state index in [-0.39, 0.29) is 12.5 Å². The lowest BCUT2D eigenvalue weighted by Crippen LogP contribution is -2.52. The molecular weight excluding hydrogens is 275 g/mol. The molecule has 116 valence electrons. The Balaban J connectivity index is 1.98. The molecule has 7 heteroatoms. The third-order valence-electron chi connectivity index (χ3n) is 3.96. The van der Waals surface area contributed by atoms with Gasteiger partial charge in [0.05, 0.1) is 13.2 Å². The van der Waals surface area contributed by atoms with Gasteiger partial charge in [-0.25, -0.2) is 0 Å². The Morgan fingerprint density at radius 2 is 2.00 bits per heavy atom. The summed E-state index contributed by atoms with van der Waals surface area (Å²) < 4.78 is 47.4. The zero-order valence-electron chi connectivity index (χ0n) is 11.6. The number of esters is 1. The van der Waals surface area contributed by atoms with E-state index in [2.05, 4.69) is 5.32 Å². The van der Waals surface area contributed by atoms with E-state index in [0.717, 1.165) is 19.8 Å². The highest BCUT2D eigenvalue weighted by Crippen LogP contribution is 2.38. The number of nitrogens with one attached hydrogen (secondary N) is 1. The van der Waals surface area contributed by atoms with E-state index in [1.54, 1.807) is 0 Å². The topological polar surface area (TPSA) is 47.6 Å². The van der Waals surface area contributed by atoms with Gasteiger partial charge in [0.15, 0.2) is 6.10 Å². The Bertz CT molecular complexity index is 370. The van der Waals surface area contributed by atoms with E-state index >= 15 is 0 Å². The SMILES string of the molecule is COC(=O)C1(NC2CC2)CCC(OC(C)C(F)(F)F)C1. The van der Waals surface area contributed by atoms with Crippen molar-refractivity contribution in [2.45, 2.75) is 69.0 Å².